The van der Waals surface area contributed by atoms with Crippen molar-refractivity contribution in [3.8, 4) is 0 Å². The molecule has 0 aromatic rings. The smallest absolute Gasteiger partial charge is 0.265 e. The lowest BCUT2D eigenvalue weighted by Gasteiger charge is -2.22. The van der Waals surface area contributed by atoms with Gasteiger partial charge in [0.25, 0.3) is 10.1 Å². The van der Waals surface area contributed by atoms with Crippen molar-refractivity contribution < 1.29 is 13.0 Å². The zero-order chi connectivity index (χ0) is 12.7. The van der Waals surface area contributed by atoms with Gasteiger partial charge in [0.15, 0.2) is 0 Å². The van der Waals surface area contributed by atoms with E-state index in [1.54, 1.807) is 0 Å². The summed E-state index contributed by atoms with van der Waals surface area (Å²) in [5, 5.41) is 3.44. The third-order valence-electron chi connectivity index (χ3n) is 3.36. The summed E-state index contributed by atoms with van der Waals surface area (Å²) in [6, 6.07) is 0.527. The number of nitrogens with one attached hydrogen (secondary N) is 1. The molecule has 0 saturated heterocycles. The summed E-state index contributed by atoms with van der Waals surface area (Å²) < 4.78 is 30.2. The first-order chi connectivity index (χ1) is 7.97. The minimum Gasteiger partial charge on any atom is -0.314 e. The van der Waals surface area contributed by atoms with Crippen LogP contribution in [0.4, 0.5) is 0 Å². The molecule has 4 nitrogen and oxygen atoms in total. The van der Waals surface area contributed by atoms with Gasteiger partial charge in [0.05, 0.1) is 5.75 Å². The average Bonchev–Trinajstić information content (AvgIpc) is 2.13. The van der Waals surface area contributed by atoms with Crippen LogP contribution in [0.25, 0.3) is 0 Å². The van der Waals surface area contributed by atoms with Gasteiger partial charge < -0.3 is 5.32 Å². The molecule has 1 atom stereocenters. The molecule has 102 valence electrons. The van der Waals surface area contributed by atoms with Crippen LogP contribution in [0.2, 0.25) is 0 Å². The number of rotatable bonds is 5. The van der Waals surface area contributed by atoms with E-state index in [0.29, 0.717) is 12.6 Å². The number of hydrogen-bond acceptors (Lipinski definition) is 3. The molecule has 0 bridgehead atoms. The molecule has 0 heterocycles. The first kappa shape index (κ1) is 14.9. The highest BCUT2D eigenvalue weighted by Crippen LogP contribution is 2.17. The monoisotopic (exact) mass is 263 g/mol. The highest BCUT2D eigenvalue weighted by atomic mass is 32.2. The molecule has 0 aliphatic heterocycles. The summed E-state index contributed by atoms with van der Waals surface area (Å²) in [6.07, 6.45) is 8.91. The van der Waals surface area contributed by atoms with Gasteiger partial charge >= 0.3 is 0 Å². The van der Waals surface area contributed by atoms with E-state index in [4.69, 9.17) is 4.55 Å². The fourth-order valence-corrected chi connectivity index (χ4v) is 3.28. The van der Waals surface area contributed by atoms with Crippen molar-refractivity contribution in [1.29, 1.82) is 0 Å². The topological polar surface area (TPSA) is 66.4 Å². The van der Waals surface area contributed by atoms with Gasteiger partial charge in [-0.1, -0.05) is 39.0 Å². The van der Waals surface area contributed by atoms with E-state index in [2.05, 4.69) is 5.32 Å². The second-order valence-electron chi connectivity index (χ2n) is 5.30. The summed E-state index contributed by atoms with van der Waals surface area (Å²) in [6.45, 7) is 2.52. The Labute approximate surface area is 105 Å². The molecule has 0 aromatic heterocycles. The van der Waals surface area contributed by atoms with Crippen molar-refractivity contribution in [3.63, 3.8) is 0 Å². The Morgan fingerprint density at radius 3 is 2.24 bits per heavy atom. The third kappa shape index (κ3) is 7.73. The zero-order valence-corrected chi connectivity index (χ0v) is 11.5. The van der Waals surface area contributed by atoms with Gasteiger partial charge in [-0.15, -0.1) is 0 Å². The molecular formula is C12H25NO3S. The molecule has 17 heavy (non-hydrogen) atoms. The molecule has 1 fully saturated rings. The van der Waals surface area contributed by atoms with Crippen LogP contribution in [0, 0.1) is 5.92 Å². The fourth-order valence-electron chi connectivity index (χ4n) is 2.45. The minimum absolute atomic E-state index is 0.0320. The van der Waals surface area contributed by atoms with Crippen molar-refractivity contribution in [3.05, 3.63) is 0 Å². The predicted octanol–water partition coefficient (Wildman–Crippen LogP) is 2.21. The van der Waals surface area contributed by atoms with Crippen molar-refractivity contribution >= 4 is 10.1 Å². The number of hydrogen-bond donors (Lipinski definition) is 2. The van der Waals surface area contributed by atoms with Crippen molar-refractivity contribution in [2.75, 3.05) is 12.3 Å². The van der Waals surface area contributed by atoms with Crippen LogP contribution in [0.3, 0.4) is 0 Å². The van der Waals surface area contributed by atoms with Gasteiger partial charge in [-0.3, -0.25) is 4.55 Å². The van der Waals surface area contributed by atoms with Gasteiger partial charge in [-0.2, -0.15) is 8.42 Å². The quantitative estimate of drug-likeness (QED) is 0.746. The largest absolute Gasteiger partial charge is 0.314 e. The molecule has 2 N–H and O–H groups in total. The van der Waals surface area contributed by atoms with Gasteiger partial charge in [0.2, 0.25) is 0 Å². The van der Waals surface area contributed by atoms with E-state index in [1.165, 1.54) is 44.9 Å². The van der Waals surface area contributed by atoms with Gasteiger partial charge in [-0.05, 0) is 25.3 Å². The summed E-state index contributed by atoms with van der Waals surface area (Å²) in [7, 11) is -3.83. The first-order valence-electron chi connectivity index (χ1n) is 6.66. The lowest BCUT2D eigenvalue weighted by atomic mass is 9.96. The van der Waals surface area contributed by atoms with E-state index < -0.39 is 10.1 Å². The first-order valence-corrected chi connectivity index (χ1v) is 8.27. The molecule has 0 radical (unpaired) electrons. The van der Waals surface area contributed by atoms with E-state index in [-0.39, 0.29) is 11.7 Å². The predicted molar refractivity (Wildman–Crippen MR) is 69.7 cm³/mol. The molecule has 5 heteroatoms. The van der Waals surface area contributed by atoms with Gasteiger partial charge in [0, 0.05) is 6.04 Å². The van der Waals surface area contributed by atoms with Crippen LogP contribution in [0.15, 0.2) is 0 Å². The maximum absolute atomic E-state index is 10.7. The Morgan fingerprint density at radius 1 is 1.18 bits per heavy atom. The molecule has 1 aliphatic carbocycles. The van der Waals surface area contributed by atoms with Crippen LogP contribution in [0.5, 0.6) is 0 Å². The summed E-state index contributed by atoms with van der Waals surface area (Å²) in [4.78, 5) is 0. The van der Waals surface area contributed by atoms with Crippen molar-refractivity contribution in [2.45, 2.75) is 57.9 Å². The SMILES string of the molecule is CC(CNC1CCCCCCC1)CS(=O)(=O)O. The lowest BCUT2D eigenvalue weighted by Crippen LogP contribution is -2.35. The molecule has 1 unspecified atom stereocenters. The summed E-state index contributed by atoms with van der Waals surface area (Å²) >= 11 is 0. The Morgan fingerprint density at radius 2 is 1.71 bits per heavy atom. The minimum atomic E-state index is -3.83. The molecule has 1 saturated carbocycles. The average molecular weight is 263 g/mol. The molecular weight excluding hydrogens is 238 g/mol. The highest BCUT2D eigenvalue weighted by Gasteiger charge is 2.15. The van der Waals surface area contributed by atoms with Crippen molar-refractivity contribution in [2.24, 2.45) is 5.92 Å². The highest BCUT2D eigenvalue weighted by molar-refractivity contribution is 7.85. The second kappa shape index (κ2) is 7.34. The van der Waals surface area contributed by atoms with Crippen LogP contribution in [-0.2, 0) is 10.1 Å². The van der Waals surface area contributed by atoms with E-state index in [0.717, 1.165) is 0 Å². The molecule has 1 aliphatic rings. The van der Waals surface area contributed by atoms with Gasteiger partial charge in [-0.25, -0.2) is 0 Å². The normalized spacial score (nSPS) is 21.8. The fraction of sp³-hybridized carbons (Fsp3) is 1.00. The maximum Gasteiger partial charge on any atom is 0.265 e. The Kier molecular flexibility index (Phi) is 6.44. The molecule has 0 amide bonds. The summed E-state index contributed by atoms with van der Waals surface area (Å²) in [5.74, 6) is -0.178. The van der Waals surface area contributed by atoms with E-state index in [1.807, 2.05) is 6.92 Å². The van der Waals surface area contributed by atoms with E-state index in [9.17, 15) is 8.42 Å². The lowest BCUT2D eigenvalue weighted by molar-refractivity contribution is 0.371. The standard InChI is InChI=1S/C12H25NO3S/c1-11(10-17(14,15)16)9-13-12-7-5-3-2-4-6-8-12/h11-13H,2-10H2,1H3,(H,14,15,16). The van der Waals surface area contributed by atoms with E-state index >= 15 is 0 Å². The second-order valence-corrected chi connectivity index (χ2v) is 6.80. The van der Waals surface area contributed by atoms with Crippen LogP contribution in [0.1, 0.15) is 51.9 Å². The Bertz CT molecular complexity index is 295. The van der Waals surface area contributed by atoms with Crippen LogP contribution in [-0.4, -0.2) is 31.3 Å². The molecule has 0 spiro atoms. The Hall–Kier alpha value is -0.130. The van der Waals surface area contributed by atoms with Crippen molar-refractivity contribution in [1.82, 2.24) is 5.32 Å². The van der Waals surface area contributed by atoms with Crippen LogP contribution >= 0.6 is 0 Å². The molecule has 1 rings (SSSR count). The molecule has 0 aromatic carbocycles. The zero-order valence-electron chi connectivity index (χ0n) is 10.7. The third-order valence-corrected chi connectivity index (χ3v) is 4.35. The van der Waals surface area contributed by atoms with Crippen LogP contribution < -0.4 is 5.32 Å². The van der Waals surface area contributed by atoms with Gasteiger partial charge in [0.1, 0.15) is 0 Å². The maximum atomic E-state index is 10.7. The Balaban J connectivity index is 2.23. The summed E-state index contributed by atoms with van der Waals surface area (Å²) in [5.41, 5.74) is 0.